The van der Waals surface area contributed by atoms with E-state index in [4.69, 9.17) is 4.74 Å². The van der Waals surface area contributed by atoms with Gasteiger partial charge in [0.25, 0.3) is 5.91 Å². The fraction of sp³-hybridized carbons (Fsp3) is 0.450. The molecule has 0 radical (unpaired) electrons. The van der Waals surface area contributed by atoms with Gasteiger partial charge in [0.05, 0.1) is 22.2 Å². The van der Waals surface area contributed by atoms with Crippen molar-refractivity contribution in [1.29, 1.82) is 0 Å². The lowest BCUT2D eigenvalue weighted by Crippen LogP contribution is -2.55. The summed E-state index contributed by atoms with van der Waals surface area (Å²) in [6.45, 7) is 4.11. The van der Waals surface area contributed by atoms with Gasteiger partial charge >= 0.3 is 5.97 Å². The van der Waals surface area contributed by atoms with Gasteiger partial charge in [-0.3, -0.25) is 9.59 Å². The van der Waals surface area contributed by atoms with Crippen LogP contribution < -0.4 is 10.1 Å². The van der Waals surface area contributed by atoms with Gasteiger partial charge in [-0.25, -0.2) is 4.98 Å². The molecule has 2 aromatic rings. The minimum absolute atomic E-state index is 0.277. The molecule has 0 spiro atoms. The summed E-state index contributed by atoms with van der Waals surface area (Å²) in [4.78, 5) is 28.7. The van der Waals surface area contributed by atoms with E-state index >= 15 is 0 Å². The molecule has 0 aliphatic heterocycles. The Labute approximate surface area is 162 Å². The molecule has 1 aliphatic carbocycles. The van der Waals surface area contributed by atoms with E-state index in [0.29, 0.717) is 30.8 Å². The lowest BCUT2D eigenvalue weighted by atomic mass is 9.73. The topological polar surface area (TPSA) is 88.5 Å². The fourth-order valence-corrected chi connectivity index (χ4v) is 4.17. The van der Waals surface area contributed by atoms with Gasteiger partial charge in [-0.1, -0.05) is 18.9 Å². The van der Waals surface area contributed by atoms with E-state index in [1.165, 1.54) is 0 Å². The highest BCUT2D eigenvalue weighted by Crippen LogP contribution is 2.34. The Morgan fingerprint density at radius 3 is 2.93 bits per heavy atom. The lowest BCUT2D eigenvalue weighted by Gasteiger charge is -2.39. The summed E-state index contributed by atoms with van der Waals surface area (Å²) >= 11 is 1.57. The Morgan fingerprint density at radius 1 is 1.41 bits per heavy atom. The van der Waals surface area contributed by atoms with Crippen molar-refractivity contribution in [2.24, 2.45) is 5.92 Å². The zero-order chi connectivity index (χ0) is 19.4. The molecule has 7 heteroatoms. The van der Waals surface area contributed by atoms with E-state index in [-0.39, 0.29) is 5.91 Å². The summed E-state index contributed by atoms with van der Waals surface area (Å²) in [5.41, 5.74) is 0.570. The summed E-state index contributed by atoms with van der Waals surface area (Å²) < 4.78 is 5.74. The number of carbonyl (C=O) groups excluding carboxylic acids is 1. The van der Waals surface area contributed by atoms with Crippen LogP contribution in [0.1, 0.15) is 53.7 Å². The number of aliphatic carboxylic acids is 1. The van der Waals surface area contributed by atoms with Gasteiger partial charge in [-0.2, -0.15) is 0 Å². The van der Waals surface area contributed by atoms with Crippen LogP contribution >= 0.6 is 11.3 Å². The van der Waals surface area contributed by atoms with Crippen molar-refractivity contribution in [1.82, 2.24) is 10.3 Å². The van der Waals surface area contributed by atoms with Gasteiger partial charge < -0.3 is 15.2 Å². The Kier molecular flexibility index (Phi) is 5.79. The quantitative estimate of drug-likeness (QED) is 0.786. The van der Waals surface area contributed by atoms with Gasteiger partial charge in [0.2, 0.25) is 0 Å². The van der Waals surface area contributed by atoms with Crippen molar-refractivity contribution >= 4 is 23.2 Å². The number of thiazole rings is 1. The number of amides is 1. The molecular formula is C20H24N2O4S. The second-order valence-electron chi connectivity index (χ2n) is 7.18. The molecule has 27 heavy (non-hydrogen) atoms. The van der Waals surface area contributed by atoms with Crippen LogP contribution in [0.2, 0.25) is 0 Å². The molecule has 0 saturated heterocycles. The summed E-state index contributed by atoms with van der Waals surface area (Å²) in [5.74, 6) is -1.12. The van der Waals surface area contributed by atoms with Crippen molar-refractivity contribution in [3.8, 4) is 5.75 Å². The molecule has 0 bridgehead atoms. The molecule has 6 nitrogen and oxygen atoms in total. The average molecular weight is 388 g/mol. The molecule has 2 unspecified atom stereocenters. The summed E-state index contributed by atoms with van der Waals surface area (Å²) in [7, 11) is 0. The number of rotatable bonds is 6. The van der Waals surface area contributed by atoms with E-state index in [1.807, 2.05) is 19.2 Å². The molecule has 1 saturated carbocycles. The Morgan fingerprint density at radius 2 is 2.22 bits per heavy atom. The zero-order valence-electron chi connectivity index (χ0n) is 15.5. The number of nitrogens with one attached hydrogen (secondary N) is 1. The molecule has 3 rings (SSSR count). The number of aryl methyl sites for hydroxylation is 1. The van der Waals surface area contributed by atoms with Crippen LogP contribution in [-0.2, 0) is 11.4 Å². The van der Waals surface area contributed by atoms with Crippen LogP contribution in [-0.4, -0.2) is 27.5 Å². The molecule has 144 valence electrons. The monoisotopic (exact) mass is 388 g/mol. The molecule has 1 heterocycles. The molecular weight excluding hydrogens is 364 g/mol. The first-order chi connectivity index (χ1) is 12.9. The Hall–Kier alpha value is -2.41. The fourth-order valence-electron chi connectivity index (χ4n) is 3.57. The van der Waals surface area contributed by atoms with Crippen molar-refractivity contribution in [2.75, 3.05) is 0 Å². The van der Waals surface area contributed by atoms with Gasteiger partial charge in [0, 0.05) is 10.9 Å². The molecule has 1 aromatic carbocycles. The summed E-state index contributed by atoms with van der Waals surface area (Å²) in [6, 6.07) is 6.93. The minimum atomic E-state index is -0.854. The third-order valence-corrected chi connectivity index (χ3v) is 5.88. The van der Waals surface area contributed by atoms with Gasteiger partial charge in [0.1, 0.15) is 12.4 Å². The maximum Gasteiger partial charge on any atom is 0.308 e. The van der Waals surface area contributed by atoms with Crippen LogP contribution in [0.25, 0.3) is 0 Å². The summed E-state index contributed by atoms with van der Waals surface area (Å²) in [5, 5.41) is 15.4. The van der Waals surface area contributed by atoms with E-state index in [0.717, 1.165) is 23.5 Å². The second kappa shape index (κ2) is 8.08. The maximum atomic E-state index is 12.7. The third kappa shape index (κ3) is 4.66. The number of ether oxygens (including phenoxy) is 1. The zero-order valence-corrected chi connectivity index (χ0v) is 16.3. The van der Waals surface area contributed by atoms with Crippen LogP contribution in [0, 0.1) is 12.8 Å². The largest absolute Gasteiger partial charge is 0.487 e. The van der Waals surface area contributed by atoms with Crippen molar-refractivity contribution < 1.29 is 19.4 Å². The van der Waals surface area contributed by atoms with Crippen molar-refractivity contribution in [2.45, 2.75) is 51.7 Å². The molecule has 2 N–H and O–H groups in total. The number of carboxylic acid groups (broad SMARTS) is 1. The number of aromatic nitrogens is 1. The van der Waals surface area contributed by atoms with Gasteiger partial charge in [-0.05, 0) is 44.9 Å². The maximum absolute atomic E-state index is 12.7. The van der Waals surface area contributed by atoms with E-state index < -0.39 is 17.4 Å². The van der Waals surface area contributed by atoms with Gasteiger partial charge in [0.15, 0.2) is 0 Å². The van der Waals surface area contributed by atoms with E-state index in [1.54, 1.807) is 35.6 Å². The van der Waals surface area contributed by atoms with Crippen molar-refractivity contribution in [3.63, 3.8) is 0 Å². The SMILES string of the molecule is Cc1nc(COc2cccc(C(=O)NC3(C)CCCCC3C(=O)O)c2)cs1. The third-order valence-electron chi connectivity index (χ3n) is 5.05. The van der Waals surface area contributed by atoms with Crippen molar-refractivity contribution in [3.05, 3.63) is 45.9 Å². The smallest absolute Gasteiger partial charge is 0.308 e. The first-order valence-electron chi connectivity index (χ1n) is 9.06. The molecule has 1 amide bonds. The van der Waals surface area contributed by atoms with Gasteiger partial charge in [-0.15, -0.1) is 11.3 Å². The second-order valence-corrected chi connectivity index (χ2v) is 8.24. The molecule has 1 fully saturated rings. The highest BCUT2D eigenvalue weighted by Gasteiger charge is 2.42. The number of carbonyl (C=O) groups is 2. The number of nitrogens with zero attached hydrogens (tertiary/aromatic N) is 1. The van der Waals surface area contributed by atoms with Crippen LogP contribution in [0.4, 0.5) is 0 Å². The Bertz CT molecular complexity index is 835. The molecule has 1 aliphatic rings. The number of hydrogen-bond acceptors (Lipinski definition) is 5. The standard InChI is InChI=1S/C20H24N2O4S/c1-13-21-15(12-27-13)11-26-16-7-5-6-14(10-16)18(23)22-20(2)9-4-3-8-17(20)19(24)25/h5-7,10,12,17H,3-4,8-9,11H2,1-2H3,(H,22,23)(H,24,25). The number of carboxylic acids is 1. The average Bonchev–Trinajstić information content (AvgIpc) is 3.05. The first kappa shape index (κ1) is 19.4. The highest BCUT2D eigenvalue weighted by molar-refractivity contribution is 7.09. The minimum Gasteiger partial charge on any atom is -0.487 e. The van der Waals surface area contributed by atoms with Crippen LogP contribution in [0.3, 0.4) is 0 Å². The number of hydrogen-bond donors (Lipinski definition) is 2. The lowest BCUT2D eigenvalue weighted by molar-refractivity contribution is -0.145. The first-order valence-corrected chi connectivity index (χ1v) is 9.94. The predicted molar refractivity (Wildman–Crippen MR) is 103 cm³/mol. The molecule has 2 atom stereocenters. The predicted octanol–water partition coefficient (Wildman–Crippen LogP) is 3.79. The van der Waals surface area contributed by atoms with E-state index in [9.17, 15) is 14.7 Å². The number of benzene rings is 1. The van der Waals surface area contributed by atoms with Crippen LogP contribution in [0.15, 0.2) is 29.6 Å². The van der Waals surface area contributed by atoms with E-state index in [2.05, 4.69) is 10.3 Å². The van der Waals surface area contributed by atoms with Crippen LogP contribution in [0.5, 0.6) is 5.75 Å². The Balaban J connectivity index is 1.68. The normalized spacial score (nSPS) is 22.2. The highest BCUT2D eigenvalue weighted by atomic mass is 32.1. The summed E-state index contributed by atoms with van der Waals surface area (Å²) in [6.07, 6.45) is 3.04. The molecule has 1 aromatic heterocycles.